The first kappa shape index (κ1) is 19.9. The van der Waals surface area contributed by atoms with Crippen LogP contribution in [0.4, 0.5) is 0 Å². The molecule has 5 nitrogen and oxygen atoms in total. The number of hydrogen-bond donors (Lipinski definition) is 0. The maximum atomic E-state index is 11.9. The third-order valence-electron chi connectivity index (χ3n) is 4.13. The summed E-state index contributed by atoms with van der Waals surface area (Å²) in [6.45, 7) is 12.1. The van der Waals surface area contributed by atoms with Gasteiger partial charge in [-0.05, 0) is 31.5 Å². The molecule has 0 aliphatic heterocycles. The Bertz CT molecular complexity index is 591. The van der Waals surface area contributed by atoms with E-state index in [1.807, 2.05) is 17.0 Å². The number of carbonyl (C=O) groups excluding carboxylic acids is 2. The van der Waals surface area contributed by atoms with Gasteiger partial charge in [0.05, 0.1) is 33.7 Å². The normalized spacial score (nSPS) is 11.0. The number of ether oxygens (including phenoxy) is 1. The van der Waals surface area contributed by atoms with Gasteiger partial charge in [0.1, 0.15) is 5.75 Å². The molecule has 0 heterocycles. The van der Waals surface area contributed by atoms with Crippen LogP contribution >= 0.6 is 0 Å². The summed E-state index contributed by atoms with van der Waals surface area (Å²) in [5, 5.41) is 0. The van der Waals surface area contributed by atoms with E-state index in [-0.39, 0.29) is 5.91 Å². The topological polar surface area (TPSA) is 46.6 Å². The van der Waals surface area contributed by atoms with Crippen LogP contribution in [0.15, 0.2) is 36.4 Å². The Morgan fingerprint density at radius 2 is 1.75 bits per heavy atom. The standard InChI is InChI=1S/C19H29N2O3/c1-7-21(5,6)13-12-20(16(4)22)14-17-8-10-18(11-9-17)24-19(23)15(2)3/h8-11H,2,7,12-14H2,1,3-6H3/q+1. The van der Waals surface area contributed by atoms with Gasteiger partial charge in [0.25, 0.3) is 0 Å². The molecular formula is C19H29N2O3+. The predicted octanol–water partition coefficient (Wildman–Crippen LogP) is 2.61. The zero-order chi connectivity index (χ0) is 18.3. The average molecular weight is 333 g/mol. The molecule has 0 bridgehead atoms. The Morgan fingerprint density at radius 1 is 1.17 bits per heavy atom. The number of hydrogen-bond acceptors (Lipinski definition) is 3. The molecule has 0 radical (unpaired) electrons. The maximum absolute atomic E-state index is 11.9. The molecule has 0 unspecified atom stereocenters. The molecule has 0 N–H and O–H groups in total. The number of amides is 1. The van der Waals surface area contributed by atoms with Crippen molar-refractivity contribution in [1.82, 2.24) is 4.90 Å². The second kappa shape index (κ2) is 8.64. The lowest BCUT2D eigenvalue weighted by atomic mass is 10.2. The molecule has 0 fully saturated rings. The van der Waals surface area contributed by atoms with Crippen LogP contribution in [0.5, 0.6) is 5.75 Å². The van der Waals surface area contributed by atoms with Crippen molar-refractivity contribution >= 4 is 11.9 Å². The summed E-state index contributed by atoms with van der Waals surface area (Å²) >= 11 is 0. The zero-order valence-electron chi connectivity index (χ0n) is 15.5. The predicted molar refractivity (Wildman–Crippen MR) is 95.5 cm³/mol. The van der Waals surface area contributed by atoms with Crippen LogP contribution in [0.1, 0.15) is 26.3 Å². The molecule has 0 saturated heterocycles. The number of quaternary nitrogens is 1. The van der Waals surface area contributed by atoms with E-state index in [4.69, 9.17) is 4.74 Å². The fraction of sp³-hybridized carbons (Fsp3) is 0.474. The third-order valence-corrected chi connectivity index (χ3v) is 4.13. The van der Waals surface area contributed by atoms with Crippen LogP contribution in [0.3, 0.4) is 0 Å². The smallest absolute Gasteiger partial charge is 0.338 e. The molecule has 132 valence electrons. The van der Waals surface area contributed by atoms with Crippen molar-refractivity contribution in [3.05, 3.63) is 42.0 Å². The minimum absolute atomic E-state index is 0.0592. The van der Waals surface area contributed by atoms with E-state index in [1.165, 1.54) is 0 Å². The van der Waals surface area contributed by atoms with E-state index in [1.54, 1.807) is 26.0 Å². The summed E-state index contributed by atoms with van der Waals surface area (Å²) in [5.74, 6) is 0.0986. The van der Waals surface area contributed by atoms with Crippen LogP contribution in [-0.2, 0) is 16.1 Å². The summed E-state index contributed by atoms with van der Waals surface area (Å²) in [5.41, 5.74) is 1.36. The number of rotatable bonds is 8. The molecule has 0 aliphatic carbocycles. The Balaban J connectivity index is 2.69. The molecule has 0 spiro atoms. The van der Waals surface area contributed by atoms with Crippen LogP contribution < -0.4 is 4.74 Å². The Kier molecular flexibility index (Phi) is 7.17. The first-order valence-corrected chi connectivity index (χ1v) is 8.19. The fourth-order valence-electron chi connectivity index (χ4n) is 1.97. The zero-order valence-corrected chi connectivity index (χ0v) is 15.5. The van der Waals surface area contributed by atoms with E-state index in [0.29, 0.717) is 24.4 Å². The van der Waals surface area contributed by atoms with Crippen LogP contribution in [0.25, 0.3) is 0 Å². The van der Waals surface area contributed by atoms with Crippen molar-refractivity contribution in [2.24, 2.45) is 0 Å². The molecule has 0 aliphatic rings. The van der Waals surface area contributed by atoms with Gasteiger partial charge >= 0.3 is 5.97 Å². The molecule has 1 rings (SSSR count). The molecule has 5 heteroatoms. The van der Waals surface area contributed by atoms with E-state index in [0.717, 1.165) is 23.1 Å². The number of esters is 1. The highest BCUT2D eigenvalue weighted by Gasteiger charge is 2.17. The number of nitrogens with zero attached hydrogens (tertiary/aromatic N) is 2. The summed E-state index contributed by atoms with van der Waals surface area (Å²) in [6.07, 6.45) is 0. The van der Waals surface area contributed by atoms with E-state index >= 15 is 0 Å². The third kappa shape index (κ3) is 6.54. The van der Waals surface area contributed by atoms with Gasteiger partial charge in [-0.3, -0.25) is 4.79 Å². The maximum Gasteiger partial charge on any atom is 0.338 e. The van der Waals surface area contributed by atoms with Crippen molar-refractivity contribution < 1.29 is 18.8 Å². The molecule has 0 aromatic heterocycles. The molecule has 0 saturated carbocycles. The van der Waals surface area contributed by atoms with Gasteiger partial charge in [-0.1, -0.05) is 18.7 Å². The number of likely N-dealkylation sites (N-methyl/N-ethyl adjacent to an activating group) is 1. The summed E-state index contributed by atoms with van der Waals surface area (Å²) in [4.78, 5) is 25.2. The van der Waals surface area contributed by atoms with Crippen molar-refractivity contribution in [3.8, 4) is 5.75 Å². The fourth-order valence-corrected chi connectivity index (χ4v) is 1.97. The number of carbonyl (C=O) groups is 2. The Labute approximate surface area is 145 Å². The second-order valence-electron chi connectivity index (χ2n) is 6.73. The summed E-state index contributed by atoms with van der Waals surface area (Å²) < 4.78 is 6.04. The largest absolute Gasteiger partial charge is 0.423 e. The van der Waals surface area contributed by atoms with Gasteiger partial charge in [0.15, 0.2) is 0 Å². The van der Waals surface area contributed by atoms with Crippen LogP contribution in [-0.4, -0.2) is 55.0 Å². The monoisotopic (exact) mass is 333 g/mol. The lowest BCUT2D eigenvalue weighted by Gasteiger charge is -2.31. The van der Waals surface area contributed by atoms with E-state index in [9.17, 15) is 9.59 Å². The van der Waals surface area contributed by atoms with E-state index in [2.05, 4.69) is 27.6 Å². The highest BCUT2D eigenvalue weighted by Crippen LogP contribution is 2.15. The average Bonchev–Trinajstić information content (AvgIpc) is 2.52. The minimum atomic E-state index is -0.437. The molecule has 0 atom stereocenters. The van der Waals surface area contributed by atoms with Crippen molar-refractivity contribution in [2.75, 3.05) is 33.7 Å². The minimum Gasteiger partial charge on any atom is -0.423 e. The summed E-state index contributed by atoms with van der Waals surface area (Å²) in [7, 11) is 4.31. The Hall–Kier alpha value is -2.14. The van der Waals surface area contributed by atoms with Crippen molar-refractivity contribution in [3.63, 3.8) is 0 Å². The van der Waals surface area contributed by atoms with Gasteiger partial charge in [-0.25, -0.2) is 4.79 Å². The quantitative estimate of drug-likeness (QED) is 0.318. The first-order valence-electron chi connectivity index (χ1n) is 8.19. The lowest BCUT2D eigenvalue weighted by Crippen LogP contribution is -2.46. The summed E-state index contributed by atoms with van der Waals surface area (Å²) in [6, 6.07) is 7.22. The molecular weight excluding hydrogens is 304 g/mol. The van der Waals surface area contributed by atoms with Gasteiger partial charge in [0.2, 0.25) is 5.91 Å². The van der Waals surface area contributed by atoms with Gasteiger partial charge in [0, 0.05) is 19.0 Å². The van der Waals surface area contributed by atoms with Crippen molar-refractivity contribution in [2.45, 2.75) is 27.3 Å². The molecule has 24 heavy (non-hydrogen) atoms. The highest BCUT2D eigenvalue weighted by atomic mass is 16.5. The van der Waals surface area contributed by atoms with Crippen LogP contribution in [0.2, 0.25) is 0 Å². The van der Waals surface area contributed by atoms with Gasteiger partial charge < -0.3 is 14.1 Å². The second-order valence-corrected chi connectivity index (χ2v) is 6.73. The molecule has 1 aromatic rings. The van der Waals surface area contributed by atoms with Crippen molar-refractivity contribution in [1.29, 1.82) is 0 Å². The number of benzene rings is 1. The Morgan fingerprint density at radius 3 is 2.21 bits per heavy atom. The molecule has 1 aromatic carbocycles. The van der Waals surface area contributed by atoms with Crippen LogP contribution in [0, 0.1) is 0 Å². The first-order chi connectivity index (χ1) is 11.1. The van der Waals surface area contributed by atoms with Gasteiger partial charge in [-0.2, -0.15) is 0 Å². The SMILES string of the molecule is C=C(C)C(=O)Oc1ccc(CN(CC[N+](C)(C)CC)C(C)=O)cc1. The molecule has 1 amide bonds. The lowest BCUT2D eigenvalue weighted by molar-refractivity contribution is -0.887. The van der Waals surface area contributed by atoms with Gasteiger partial charge in [-0.15, -0.1) is 0 Å². The highest BCUT2D eigenvalue weighted by molar-refractivity contribution is 5.88. The van der Waals surface area contributed by atoms with E-state index < -0.39 is 5.97 Å².